The molecule has 7 nitrogen and oxygen atoms in total. The fraction of sp³-hybridized carbons (Fsp3) is 0.318. The van der Waals surface area contributed by atoms with Crippen molar-refractivity contribution in [2.24, 2.45) is 0 Å². The maximum atomic E-state index is 13.0. The second-order valence-electron chi connectivity index (χ2n) is 6.96. The van der Waals surface area contributed by atoms with Crippen LogP contribution in [-0.2, 0) is 16.1 Å². The molecule has 2 aromatic rings. The van der Waals surface area contributed by atoms with Crippen LogP contribution in [0.25, 0.3) is 0 Å². The highest BCUT2D eigenvalue weighted by Crippen LogP contribution is 2.30. The minimum atomic E-state index is -0.695. The van der Waals surface area contributed by atoms with E-state index in [0.29, 0.717) is 40.4 Å². The second kappa shape index (κ2) is 9.98. The van der Waals surface area contributed by atoms with Crippen molar-refractivity contribution < 1.29 is 19.1 Å². The van der Waals surface area contributed by atoms with Crippen LogP contribution in [0.2, 0.25) is 5.02 Å². The number of anilines is 1. The van der Waals surface area contributed by atoms with Gasteiger partial charge in [0, 0.05) is 23.8 Å². The summed E-state index contributed by atoms with van der Waals surface area (Å²) in [5.41, 5.74) is 1.45. The van der Waals surface area contributed by atoms with Gasteiger partial charge in [0.25, 0.3) is 5.91 Å². The molecule has 164 valence electrons. The van der Waals surface area contributed by atoms with Crippen molar-refractivity contribution in [3.63, 3.8) is 0 Å². The van der Waals surface area contributed by atoms with Crippen LogP contribution in [0.3, 0.4) is 0 Å². The molecule has 1 aliphatic heterocycles. The Morgan fingerprint density at radius 3 is 2.55 bits per heavy atom. The molecule has 2 aromatic carbocycles. The number of rotatable bonds is 8. The smallest absolute Gasteiger partial charge is 0.252 e. The highest BCUT2D eigenvalue weighted by Gasteiger charge is 2.42. The number of benzene rings is 2. The minimum Gasteiger partial charge on any atom is -0.493 e. The maximum Gasteiger partial charge on any atom is 0.252 e. The molecule has 1 heterocycles. The lowest BCUT2D eigenvalue weighted by molar-refractivity contribution is -0.130. The van der Waals surface area contributed by atoms with Gasteiger partial charge in [-0.15, -0.1) is 0 Å². The number of hydrogen-bond acceptors (Lipinski definition) is 5. The van der Waals surface area contributed by atoms with E-state index in [1.54, 1.807) is 49.5 Å². The van der Waals surface area contributed by atoms with E-state index in [4.69, 9.17) is 33.3 Å². The monoisotopic (exact) mass is 461 g/mol. The molecule has 0 saturated carbocycles. The van der Waals surface area contributed by atoms with Gasteiger partial charge in [-0.25, -0.2) is 0 Å². The molecular weight excluding hydrogens is 438 g/mol. The molecule has 1 fully saturated rings. The van der Waals surface area contributed by atoms with E-state index in [1.165, 1.54) is 4.90 Å². The number of halogens is 1. The Hall–Kier alpha value is -2.84. The van der Waals surface area contributed by atoms with Crippen LogP contribution in [0.5, 0.6) is 11.5 Å². The number of thiocarbonyl (C=S) groups is 1. The van der Waals surface area contributed by atoms with Crippen LogP contribution in [0.1, 0.15) is 18.9 Å². The molecule has 1 atom stereocenters. The summed E-state index contributed by atoms with van der Waals surface area (Å²) in [6, 6.07) is 11.7. The fourth-order valence-electron chi connectivity index (χ4n) is 3.49. The lowest BCUT2D eigenvalue weighted by Crippen LogP contribution is -2.37. The summed E-state index contributed by atoms with van der Waals surface area (Å²) in [7, 11) is 3.13. The predicted octanol–water partition coefficient (Wildman–Crippen LogP) is 3.70. The zero-order valence-electron chi connectivity index (χ0n) is 17.6. The fourth-order valence-corrected chi connectivity index (χ4v) is 4.09. The van der Waals surface area contributed by atoms with Gasteiger partial charge < -0.3 is 19.7 Å². The van der Waals surface area contributed by atoms with E-state index < -0.39 is 6.04 Å². The molecule has 1 saturated heterocycles. The molecule has 1 N–H and O–H groups in total. The zero-order valence-corrected chi connectivity index (χ0v) is 19.1. The molecule has 0 spiro atoms. The van der Waals surface area contributed by atoms with E-state index in [-0.39, 0.29) is 18.2 Å². The van der Waals surface area contributed by atoms with Crippen molar-refractivity contribution in [2.75, 3.05) is 26.1 Å². The van der Waals surface area contributed by atoms with Gasteiger partial charge in [-0.05, 0) is 55.0 Å². The lowest BCUT2D eigenvalue weighted by Gasteiger charge is -2.24. The van der Waals surface area contributed by atoms with Crippen molar-refractivity contribution in [3.05, 3.63) is 53.1 Å². The van der Waals surface area contributed by atoms with Gasteiger partial charge in [-0.1, -0.05) is 23.7 Å². The van der Waals surface area contributed by atoms with E-state index in [2.05, 4.69) is 5.32 Å². The number of methoxy groups -OCH3 is 2. The van der Waals surface area contributed by atoms with Crippen LogP contribution in [0.4, 0.5) is 5.69 Å². The number of carbonyl (C=O) groups excluding carboxylic acids is 2. The third-order valence-electron chi connectivity index (χ3n) is 5.01. The van der Waals surface area contributed by atoms with Crippen molar-refractivity contribution >= 4 is 46.4 Å². The van der Waals surface area contributed by atoms with Crippen molar-refractivity contribution in [3.8, 4) is 11.5 Å². The predicted molar refractivity (Wildman–Crippen MR) is 124 cm³/mol. The molecule has 0 aromatic heterocycles. The van der Waals surface area contributed by atoms with Gasteiger partial charge in [0.1, 0.15) is 6.04 Å². The summed E-state index contributed by atoms with van der Waals surface area (Å²) < 4.78 is 10.7. The molecule has 9 heteroatoms. The van der Waals surface area contributed by atoms with Gasteiger partial charge >= 0.3 is 0 Å². The highest BCUT2D eigenvalue weighted by molar-refractivity contribution is 7.80. The first-order valence-corrected chi connectivity index (χ1v) is 10.5. The minimum absolute atomic E-state index is 0.0325. The quantitative estimate of drug-likeness (QED) is 0.604. The van der Waals surface area contributed by atoms with Crippen molar-refractivity contribution in [1.29, 1.82) is 0 Å². The third kappa shape index (κ3) is 5.08. The molecule has 3 rings (SSSR count). The summed E-state index contributed by atoms with van der Waals surface area (Å²) in [6.07, 6.45) is -0.0325. The van der Waals surface area contributed by atoms with Crippen LogP contribution in [-0.4, -0.2) is 53.5 Å². The average molecular weight is 462 g/mol. The zero-order chi connectivity index (χ0) is 22.5. The summed E-state index contributed by atoms with van der Waals surface area (Å²) in [5.74, 6) is 0.714. The van der Waals surface area contributed by atoms with E-state index in [1.807, 2.05) is 19.1 Å². The molecular formula is C22H24ClN3O4S. The molecule has 31 heavy (non-hydrogen) atoms. The number of hydrogen-bond donors (Lipinski definition) is 1. The largest absolute Gasteiger partial charge is 0.493 e. The number of carbonyl (C=O) groups is 2. The summed E-state index contributed by atoms with van der Waals surface area (Å²) >= 11 is 11.5. The number of ether oxygens (including phenoxy) is 2. The summed E-state index contributed by atoms with van der Waals surface area (Å²) in [5, 5.41) is 3.72. The average Bonchev–Trinajstić information content (AvgIpc) is 2.96. The first-order chi connectivity index (χ1) is 14.9. The molecule has 1 aliphatic rings. The third-order valence-corrected chi connectivity index (χ3v) is 5.70. The van der Waals surface area contributed by atoms with Crippen molar-refractivity contribution in [1.82, 2.24) is 9.80 Å². The number of amides is 2. The van der Waals surface area contributed by atoms with E-state index in [9.17, 15) is 9.59 Å². The molecule has 2 amide bonds. The maximum absolute atomic E-state index is 13.0. The van der Waals surface area contributed by atoms with Gasteiger partial charge in [0.2, 0.25) is 5.91 Å². The lowest BCUT2D eigenvalue weighted by atomic mass is 10.1. The second-order valence-corrected chi connectivity index (χ2v) is 7.76. The molecule has 0 bridgehead atoms. The Balaban J connectivity index is 1.80. The Morgan fingerprint density at radius 1 is 1.16 bits per heavy atom. The topological polar surface area (TPSA) is 71.1 Å². The van der Waals surface area contributed by atoms with Crippen LogP contribution >= 0.6 is 23.8 Å². The first-order valence-electron chi connectivity index (χ1n) is 9.76. The Bertz CT molecular complexity index is 1000. The summed E-state index contributed by atoms with van der Waals surface area (Å²) in [6.45, 7) is 2.65. The highest BCUT2D eigenvalue weighted by atomic mass is 35.5. The SMILES string of the molecule is CCN1C(=O)[C@H](CC(=O)Nc2cccc(Cl)c2)N(Cc2ccc(OC)c(OC)c2)C1=S. The van der Waals surface area contributed by atoms with Crippen molar-refractivity contribution in [2.45, 2.75) is 25.9 Å². The van der Waals surface area contributed by atoms with E-state index in [0.717, 1.165) is 5.56 Å². The van der Waals surface area contributed by atoms with Crippen LogP contribution < -0.4 is 14.8 Å². The standard InChI is InChI=1S/C22H24ClN3O4S/c1-4-25-21(28)17(12-20(27)24-16-7-5-6-15(23)11-16)26(22(25)31)13-14-8-9-18(29-2)19(10-14)30-3/h5-11,17H,4,12-13H2,1-3H3,(H,24,27)/t17-/m0/s1. The Labute approximate surface area is 191 Å². The van der Waals surface area contributed by atoms with Gasteiger partial charge in [-0.3, -0.25) is 14.5 Å². The van der Waals surface area contributed by atoms with E-state index >= 15 is 0 Å². The summed E-state index contributed by atoms with van der Waals surface area (Å²) in [4.78, 5) is 28.9. The number of nitrogens with one attached hydrogen (secondary N) is 1. The number of likely N-dealkylation sites (N-methyl/N-ethyl adjacent to an activating group) is 1. The van der Waals surface area contributed by atoms with Gasteiger partial charge in [0.05, 0.1) is 20.6 Å². The van der Waals surface area contributed by atoms with Gasteiger partial charge in [-0.2, -0.15) is 0 Å². The molecule has 0 radical (unpaired) electrons. The van der Waals surface area contributed by atoms with Crippen LogP contribution in [0, 0.1) is 0 Å². The first kappa shape index (κ1) is 22.8. The molecule has 0 unspecified atom stereocenters. The molecule has 0 aliphatic carbocycles. The normalized spacial score (nSPS) is 15.9. The number of nitrogens with zero attached hydrogens (tertiary/aromatic N) is 2. The van der Waals surface area contributed by atoms with Gasteiger partial charge in [0.15, 0.2) is 16.6 Å². The van der Waals surface area contributed by atoms with Crippen LogP contribution in [0.15, 0.2) is 42.5 Å². The Morgan fingerprint density at radius 2 is 1.90 bits per heavy atom. The Kier molecular flexibility index (Phi) is 7.35.